The lowest BCUT2D eigenvalue weighted by Gasteiger charge is -2.28. The van der Waals surface area contributed by atoms with Crippen molar-refractivity contribution in [3.63, 3.8) is 0 Å². The second-order valence-electron chi connectivity index (χ2n) is 10.9. The molecule has 1 saturated heterocycles. The summed E-state index contributed by atoms with van der Waals surface area (Å²) in [5, 5.41) is 0. The largest absolute Gasteiger partial charge is 0.383 e. The summed E-state index contributed by atoms with van der Waals surface area (Å²) in [4.78, 5) is 55.8. The molecule has 1 aromatic carbocycles. The maximum Gasteiger partial charge on any atom is 0.332 e. The van der Waals surface area contributed by atoms with Gasteiger partial charge in [-0.3, -0.25) is 23.6 Å². The molecule has 0 spiro atoms. The van der Waals surface area contributed by atoms with Crippen LogP contribution in [0.3, 0.4) is 0 Å². The molecule has 0 radical (unpaired) electrons. The number of ether oxygens (including phenoxy) is 1. The van der Waals surface area contributed by atoms with Crippen LogP contribution in [0.1, 0.15) is 49.4 Å². The molecular weight excluding hydrogens is 572 g/mol. The molecule has 0 atom stereocenters. The van der Waals surface area contributed by atoms with E-state index in [0.29, 0.717) is 43.1 Å². The molecule has 13 heteroatoms. The molecule has 0 aliphatic carbocycles. The number of hydrogen-bond donors (Lipinski definition) is 1. The predicted molar refractivity (Wildman–Crippen MR) is 163 cm³/mol. The van der Waals surface area contributed by atoms with Crippen LogP contribution in [0.2, 0.25) is 0 Å². The minimum Gasteiger partial charge on any atom is -0.383 e. The van der Waals surface area contributed by atoms with Gasteiger partial charge in [-0.1, -0.05) is 13.3 Å². The first-order chi connectivity index (χ1) is 21.3. The predicted octanol–water partition coefficient (Wildman–Crippen LogP) is 3.81. The average Bonchev–Trinajstić information content (AvgIpc) is 3.49. The van der Waals surface area contributed by atoms with Crippen LogP contribution in [0.4, 0.5) is 14.6 Å². The summed E-state index contributed by atoms with van der Waals surface area (Å²) < 4.78 is 35.3. The second kappa shape index (κ2) is 14.0. The van der Waals surface area contributed by atoms with Crippen LogP contribution in [0.5, 0.6) is 0 Å². The van der Waals surface area contributed by atoms with E-state index in [0.717, 1.165) is 49.2 Å². The molecule has 1 N–H and O–H groups in total. The molecule has 11 nitrogen and oxygen atoms in total. The summed E-state index contributed by atoms with van der Waals surface area (Å²) in [6, 6.07) is 6.46. The number of aromatic amines is 1. The number of aromatic nitrogens is 5. The van der Waals surface area contributed by atoms with Crippen LogP contribution >= 0.6 is 0 Å². The van der Waals surface area contributed by atoms with Gasteiger partial charge in [-0.05, 0) is 75.6 Å². The van der Waals surface area contributed by atoms with E-state index < -0.39 is 28.8 Å². The maximum atomic E-state index is 14.0. The first-order valence-corrected chi connectivity index (χ1v) is 15.0. The van der Waals surface area contributed by atoms with E-state index in [1.165, 1.54) is 35.3 Å². The highest BCUT2D eigenvalue weighted by molar-refractivity contribution is 6.05. The molecule has 0 bridgehead atoms. The number of nitrogens with zero attached hydrogens (tertiary/aromatic N) is 6. The van der Waals surface area contributed by atoms with Gasteiger partial charge in [-0.15, -0.1) is 0 Å². The zero-order valence-corrected chi connectivity index (χ0v) is 25.0. The van der Waals surface area contributed by atoms with E-state index in [9.17, 15) is 23.2 Å². The molecule has 4 aromatic rings. The number of carbonyl (C=O) groups is 1. The minimum atomic E-state index is -1.10. The van der Waals surface area contributed by atoms with E-state index in [2.05, 4.69) is 19.9 Å². The quantitative estimate of drug-likeness (QED) is 0.260. The molecule has 1 aliphatic heterocycles. The van der Waals surface area contributed by atoms with Gasteiger partial charge >= 0.3 is 5.69 Å². The Kier molecular flexibility index (Phi) is 9.95. The molecule has 1 amide bonds. The highest BCUT2D eigenvalue weighted by Crippen LogP contribution is 2.23. The van der Waals surface area contributed by atoms with E-state index in [1.54, 1.807) is 12.1 Å². The van der Waals surface area contributed by atoms with Crippen LogP contribution in [0.25, 0.3) is 22.6 Å². The van der Waals surface area contributed by atoms with Gasteiger partial charge in [0.15, 0.2) is 17.3 Å². The molecule has 1 fully saturated rings. The minimum absolute atomic E-state index is 0.0173. The van der Waals surface area contributed by atoms with Crippen LogP contribution < -0.4 is 16.1 Å². The van der Waals surface area contributed by atoms with E-state index in [-0.39, 0.29) is 29.9 Å². The Labute approximate surface area is 253 Å². The van der Waals surface area contributed by atoms with E-state index >= 15 is 0 Å². The number of halogens is 2. The fraction of sp³-hybridized carbons (Fsp3) is 0.452. The molecule has 0 unspecified atom stereocenters. The number of pyridine rings is 1. The van der Waals surface area contributed by atoms with Gasteiger partial charge < -0.3 is 14.6 Å². The third kappa shape index (κ3) is 6.63. The van der Waals surface area contributed by atoms with Crippen molar-refractivity contribution in [1.29, 1.82) is 0 Å². The van der Waals surface area contributed by atoms with Crippen LogP contribution in [0, 0.1) is 11.6 Å². The van der Waals surface area contributed by atoms with Crippen molar-refractivity contribution in [2.45, 2.75) is 52.1 Å². The van der Waals surface area contributed by atoms with Crippen LogP contribution in [-0.2, 0) is 17.8 Å². The van der Waals surface area contributed by atoms with E-state index in [4.69, 9.17) is 4.74 Å². The first kappa shape index (κ1) is 31.2. The number of likely N-dealkylation sites (tertiary alicyclic amines) is 1. The van der Waals surface area contributed by atoms with Gasteiger partial charge in [0.25, 0.3) is 11.5 Å². The van der Waals surface area contributed by atoms with Crippen molar-refractivity contribution in [3.05, 3.63) is 74.6 Å². The molecule has 234 valence electrons. The third-order valence-electron chi connectivity index (χ3n) is 7.84. The van der Waals surface area contributed by atoms with Gasteiger partial charge in [-0.2, -0.15) is 0 Å². The number of piperidine rings is 1. The molecule has 44 heavy (non-hydrogen) atoms. The number of H-pyrrole nitrogens is 1. The van der Waals surface area contributed by atoms with Crippen molar-refractivity contribution < 1.29 is 18.3 Å². The van der Waals surface area contributed by atoms with Crippen molar-refractivity contribution in [2.24, 2.45) is 0 Å². The van der Waals surface area contributed by atoms with E-state index in [1.807, 2.05) is 6.92 Å². The van der Waals surface area contributed by atoms with Crippen molar-refractivity contribution >= 4 is 22.9 Å². The summed E-state index contributed by atoms with van der Waals surface area (Å²) in [7, 11) is 1.50. The average molecular weight is 610 g/mol. The van der Waals surface area contributed by atoms with Gasteiger partial charge in [0.05, 0.1) is 13.2 Å². The number of aryl methyl sites for hydroxylation is 1. The van der Waals surface area contributed by atoms with Gasteiger partial charge in [0.2, 0.25) is 0 Å². The number of anilines is 1. The lowest BCUT2D eigenvalue weighted by atomic mass is 10.1. The summed E-state index contributed by atoms with van der Waals surface area (Å²) >= 11 is 0. The summed E-state index contributed by atoms with van der Waals surface area (Å²) in [5.41, 5.74) is 0.0580. The maximum absolute atomic E-state index is 14.0. The number of nitrogens with one attached hydrogen (secondary N) is 1. The molecular formula is C31H37F2N7O4. The number of benzene rings is 1. The van der Waals surface area contributed by atoms with Gasteiger partial charge in [0.1, 0.15) is 17.2 Å². The van der Waals surface area contributed by atoms with Crippen LogP contribution in [-0.4, -0.2) is 74.8 Å². The number of methoxy groups -OCH3 is 1. The fourth-order valence-corrected chi connectivity index (χ4v) is 5.53. The van der Waals surface area contributed by atoms with Crippen LogP contribution in [0.15, 0.2) is 46.1 Å². The Morgan fingerprint density at radius 1 is 1.02 bits per heavy atom. The second-order valence-corrected chi connectivity index (χ2v) is 10.9. The smallest absolute Gasteiger partial charge is 0.332 e. The number of carbonyl (C=O) groups excluding carboxylic acids is 1. The SMILES string of the molecule is CCCn1c(=O)n(CCOC)c(=O)c2[nH]c(-c3ccc(N(CCCN4CCCCC4)C(=O)c4ccc(F)c(F)c4)nc3)nc21. The Balaban J connectivity index is 1.45. The molecule has 5 rings (SSSR count). The number of imidazole rings is 1. The fourth-order valence-electron chi connectivity index (χ4n) is 5.53. The topological polar surface area (TPSA) is 118 Å². The van der Waals surface area contributed by atoms with Gasteiger partial charge in [-0.25, -0.2) is 23.5 Å². The molecule has 4 heterocycles. The normalized spacial score (nSPS) is 13.9. The summed E-state index contributed by atoms with van der Waals surface area (Å²) in [6.07, 6.45) is 6.38. The van der Waals surface area contributed by atoms with Crippen molar-refractivity contribution in [1.82, 2.24) is 29.0 Å². The molecule has 3 aromatic heterocycles. The Hall–Kier alpha value is -4.23. The molecule has 1 aliphatic rings. The first-order valence-electron chi connectivity index (χ1n) is 15.0. The van der Waals surface area contributed by atoms with Crippen molar-refractivity contribution in [2.75, 3.05) is 44.8 Å². The highest BCUT2D eigenvalue weighted by Gasteiger charge is 2.22. The zero-order valence-electron chi connectivity index (χ0n) is 25.0. The Bertz CT molecular complexity index is 1730. The monoisotopic (exact) mass is 609 g/mol. The lowest BCUT2D eigenvalue weighted by Crippen LogP contribution is -2.41. The third-order valence-corrected chi connectivity index (χ3v) is 7.84. The number of amides is 1. The Morgan fingerprint density at radius 3 is 2.50 bits per heavy atom. The Morgan fingerprint density at radius 2 is 1.82 bits per heavy atom. The lowest BCUT2D eigenvalue weighted by molar-refractivity contribution is 0.0984. The standard InChI is InChI=1S/C31H37F2N7O4/c1-3-12-39-28-26(30(42)40(31(39)43)17-18-44-2)35-27(36-28)22-9-11-25(34-20-22)38(16-7-15-37-13-5-4-6-14-37)29(41)21-8-10-23(32)24(33)19-21/h8-11,19-20H,3-7,12-18H2,1-2H3,(H,35,36). The summed E-state index contributed by atoms with van der Waals surface area (Å²) in [5.74, 6) is -1.94. The van der Waals surface area contributed by atoms with Gasteiger partial charge in [0, 0.05) is 37.5 Å². The highest BCUT2D eigenvalue weighted by atomic mass is 19.2. The number of fused-ring (bicyclic) bond motifs is 1. The number of rotatable bonds is 12. The van der Waals surface area contributed by atoms with Crippen molar-refractivity contribution in [3.8, 4) is 11.4 Å². The summed E-state index contributed by atoms with van der Waals surface area (Å²) in [6.45, 7) is 5.79. The molecule has 0 saturated carbocycles. The zero-order chi connectivity index (χ0) is 31.2. The number of hydrogen-bond acceptors (Lipinski definition) is 7.